The number of imidazole rings is 1. The molecule has 1 saturated heterocycles. The molecule has 0 unspecified atom stereocenters. The molecule has 1 fully saturated rings. The molecule has 0 spiro atoms. The fourth-order valence-corrected chi connectivity index (χ4v) is 2.89. The van der Waals surface area contributed by atoms with E-state index in [1.54, 1.807) is 10.9 Å². The fraction of sp³-hybridized carbons (Fsp3) is 0.467. The monoisotopic (exact) mass is 304 g/mol. The van der Waals surface area contributed by atoms with E-state index in [1.807, 2.05) is 18.2 Å². The molecule has 1 aromatic carbocycles. The number of anilines is 1. The Bertz CT molecular complexity index is 662. The second kappa shape index (κ2) is 6.33. The van der Waals surface area contributed by atoms with Crippen LogP contribution in [0.2, 0.25) is 0 Å². The van der Waals surface area contributed by atoms with E-state index >= 15 is 0 Å². The average Bonchev–Trinajstić information content (AvgIpc) is 2.90. The van der Waals surface area contributed by atoms with Crippen LogP contribution < -0.4 is 4.90 Å². The van der Waals surface area contributed by atoms with Crippen LogP contribution in [-0.2, 0) is 11.3 Å². The maximum atomic E-state index is 10.8. The molecule has 1 aliphatic rings. The van der Waals surface area contributed by atoms with Crippen LogP contribution in [0.5, 0.6) is 0 Å². The predicted octanol–water partition coefficient (Wildman–Crippen LogP) is 0.235. The molecule has 1 aliphatic heterocycles. The van der Waals surface area contributed by atoms with Gasteiger partial charge in [0.25, 0.3) is 0 Å². The average molecular weight is 304 g/mol. The zero-order chi connectivity index (χ0) is 15.5. The van der Waals surface area contributed by atoms with Crippen LogP contribution in [0.15, 0.2) is 24.5 Å². The normalized spacial score (nSPS) is 16.3. The number of rotatable bonds is 5. The lowest BCUT2D eigenvalue weighted by molar-refractivity contribution is -0.137. The predicted molar refractivity (Wildman–Crippen MR) is 83.1 cm³/mol. The fourth-order valence-electron chi connectivity index (χ4n) is 2.89. The van der Waals surface area contributed by atoms with E-state index in [0.717, 1.165) is 49.4 Å². The van der Waals surface area contributed by atoms with E-state index in [4.69, 9.17) is 10.2 Å². The number of aliphatic hydroxyl groups excluding tert-OH is 1. The number of benzene rings is 1. The minimum atomic E-state index is -0.872. The Morgan fingerprint density at radius 1 is 1.23 bits per heavy atom. The second-order valence-corrected chi connectivity index (χ2v) is 5.49. The van der Waals surface area contributed by atoms with Gasteiger partial charge >= 0.3 is 5.97 Å². The summed E-state index contributed by atoms with van der Waals surface area (Å²) < 4.78 is 1.64. The number of piperazine rings is 1. The van der Waals surface area contributed by atoms with Gasteiger partial charge < -0.3 is 19.7 Å². The molecular formula is C15H20N4O3. The molecular weight excluding hydrogens is 284 g/mol. The molecule has 0 saturated carbocycles. The summed E-state index contributed by atoms with van der Waals surface area (Å²) in [4.78, 5) is 19.7. The number of nitrogens with zero attached hydrogens (tertiary/aromatic N) is 4. The Morgan fingerprint density at radius 3 is 2.68 bits per heavy atom. The largest absolute Gasteiger partial charge is 0.480 e. The summed E-state index contributed by atoms with van der Waals surface area (Å²) in [7, 11) is 0. The Kier molecular flexibility index (Phi) is 4.26. The third-order valence-electron chi connectivity index (χ3n) is 4.06. The molecule has 0 amide bonds. The van der Waals surface area contributed by atoms with Crippen molar-refractivity contribution in [3.63, 3.8) is 0 Å². The number of aromatic nitrogens is 2. The minimum Gasteiger partial charge on any atom is -0.480 e. The van der Waals surface area contributed by atoms with Crippen molar-refractivity contribution >= 4 is 22.7 Å². The van der Waals surface area contributed by atoms with Crippen molar-refractivity contribution in [2.45, 2.75) is 6.54 Å². The summed E-state index contributed by atoms with van der Waals surface area (Å²) in [5.74, 6) is -0.872. The van der Waals surface area contributed by atoms with E-state index in [9.17, 15) is 4.79 Å². The van der Waals surface area contributed by atoms with Crippen molar-refractivity contribution < 1.29 is 15.0 Å². The molecule has 0 radical (unpaired) electrons. The first-order chi connectivity index (χ1) is 10.7. The number of β-amino-alcohol motifs (C(OH)–C–C–N with tert-alkyl or cyclic N) is 1. The zero-order valence-electron chi connectivity index (χ0n) is 12.4. The molecule has 118 valence electrons. The molecule has 1 aromatic heterocycles. The lowest BCUT2D eigenvalue weighted by Gasteiger charge is -2.35. The van der Waals surface area contributed by atoms with Gasteiger partial charge in [0, 0.05) is 38.4 Å². The lowest BCUT2D eigenvalue weighted by atomic mass is 10.2. The number of aliphatic hydroxyl groups is 1. The van der Waals surface area contributed by atoms with Gasteiger partial charge in [-0.15, -0.1) is 0 Å². The van der Waals surface area contributed by atoms with Crippen LogP contribution in [0.3, 0.4) is 0 Å². The van der Waals surface area contributed by atoms with Crippen LogP contribution in [-0.4, -0.2) is 70.0 Å². The Hall–Kier alpha value is -2.12. The van der Waals surface area contributed by atoms with Crippen molar-refractivity contribution in [3.8, 4) is 0 Å². The summed E-state index contributed by atoms with van der Waals surface area (Å²) in [6.45, 7) is 4.57. The highest BCUT2D eigenvalue weighted by Crippen LogP contribution is 2.22. The summed E-state index contributed by atoms with van der Waals surface area (Å²) in [5.41, 5.74) is 2.76. The molecule has 2 N–H and O–H groups in total. The van der Waals surface area contributed by atoms with Crippen molar-refractivity contribution in [2.24, 2.45) is 0 Å². The minimum absolute atomic E-state index is 0.0737. The number of carboxylic acids is 1. The zero-order valence-corrected chi connectivity index (χ0v) is 12.4. The maximum absolute atomic E-state index is 10.8. The molecule has 0 bridgehead atoms. The van der Waals surface area contributed by atoms with Gasteiger partial charge in [-0.25, -0.2) is 4.98 Å². The van der Waals surface area contributed by atoms with Gasteiger partial charge in [-0.2, -0.15) is 0 Å². The second-order valence-electron chi connectivity index (χ2n) is 5.49. The standard InChI is InChI=1S/C15H20N4O3/c20-8-7-17-3-5-18(6-4-17)12-1-2-14-13(9-12)16-11-19(14)10-15(21)22/h1-2,9,11,20H,3-8,10H2,(H,21,22). The van der Waals surface area contributed by atoms with Gasteiger partial charge in [0.05, 0.1) is 24.0 Å². The van der Waals surface area contributed by atoms with Crippen LogP contribution >= 0.6 is 0 Å². The van der Waals surface area contributed by atoms with E-state index in [-0.39, 0.29) is 13.2 Å². The third kappa shape index (κ3) is 3.05. The summed E-state index contributed by atoms with van der Waals surface area (Å²) >= 11 is 0. The highest BCUT2D eigenvalue weighted by Gasteiger charge is 2.17. The molecule has 22 heavy (non-hydrogen) atoms. The highest BCUT2D eigenvalue weighted by atomic mass is 16.4. The third-order valence-corrected chi connectivity index (χ3v) is 4.06. The lowest BCUT2D eigenvalue weighted by Crippen LogP contribution is -2.47. The van der Waals surface area contributed by atoms with E-state index in [0.29, 0.717) is 0 Å². The van der Waals surface area contributed by atoms with Gasteiger partial charge in [-0.3, -0.25) is 9.69 Å². The van der Waals surface area contributed by atoms with Crippen molar-refractivity contribution in [3.05, 3.63) is 24.5 Å². The molecule has 0 atom stereocenters. The van der Waals surface area contributed by atoms with Gasteiger partial charge in [0.2, 0.25) is 0 Å². The van der Waals surface area contributed by atoms with E-state index in [2.05, 4.69) is 14.8 Å². The van der Waals surface area contributed by atoms with E-state index in [1.165, 1.54) is 0 Å². The molecule has 0 aliphatic carbocycles. The first-order valence-corrected chi connectivity index (χ1v) is 7.42. The first-order valence-electron chi connectivity index (χ1n) is 7.42. The number of hydrogen-bond acceptors (Lipinski definition) is 5. The first kappa shape index (κ1) is 14.8. The van der Waals surface area contributed by atoms with Crippen molar-refractivity contribution in [1.82, 2.24) is 14.5 Å². The number of carbonyl (C=O) groups is 1. The Labute approximate surface area is 128 Å². The van der Waals surface area contributed by atoms with Crippen LogP contribution in [0.4, 0.5) is 5.69 Å². The van der Waals surface area contributed by atoms with Crippen molar-refractivity contribution in [2.75, 3.05) is 44.2 Å². The summed E-state index contributed by atoms with van der Waals surface area (Å²) in [6, 6.07) is 5.96. The molecule has 2 heterocycles. The van der Waals surface area contributed by atoms with Crippen LogP contribution in [0.1, 0.15) is 0 Å². The van der Waals surface area contributed by atoms with Crippen molar-refractivity contribution in [1.29, 1.82) is 0 Å². The Balaban J connectivity index is 1.74. The SMILES string of the molecule is O=C(O)Cn1cnc2cc(N3CCN(CCO)CC3)ccc21. The molecule has 2 aromatic rings. The van der Waals surface area contributed by atoms with Gasteiger partial charge in [-0.1, -0.05) is 0 Å². The van der Waals surface area contributed by atoms with Gasteiger partial charge in [0.1, 0.15) is 6.54 Å². The summed E-state index contributed by atoms with van der Waals surface area (Å²) in [6.07, 6.45) is 1.57. The molecule has 7 heteroatoms. The van der Waals surface area contributed by atoms with E-state index < -0.39 is 5.97 Å². The number of carboxylic acid groups (broad SMARTS) is 1. The van der Waals surface area contributed by atoms with Crippen LogP contribution in [0.25, 0.3) is 11.0 Å². The topological polar surface area (TPSA) is 81.8 Å². The number of aliphatic carboxylic acids is 1. The number of fused-ring (bicyclic) bond motifs is 1. The van der Waals surface area contributed by atoms with Gasteiger partial charge in [-0.05, 0) is 18.2 Å². The quantitative estimate of drug-likeness (QED) is 0.823. The highest BCUT2D eigenvalue weighted by molar-refractivity contribution is 5.81. The van der Waals surface area contributed by atoms with Crippen LogP contribution in [0, 0.1) is 0 Å². The molecule has 7 nitrogen and oxygen atoms in total. The summed E-state index contributed by atoms with van der Waals surface area (Å²) in [5, 5.41) is 17.9. The smallest absolute Gasteiger partial charge is 0.323 e. The Morgan fingerprint density at radius 2 is 2.00 bits per heavy atom. The molecule has 3 rings (SSSR count). The maximum Gasteiger partial charge on any atom is 0.323 e. The number of hydrogen-bond donors (Lipinski definition) is 2. The van der Waals surface area contributed by atoms with Gasteiger partial charge in [0.15, 0.2) is 0 Å².